The molecule has 238 valence electrons. The average Bonchev–Trinajstić information content (AvgIpc) is 3.47. The molecule has 1 heterocycles. The third kappa shape index (κ3) is 8.26. The number of rotatable bonds is 14. The summed E-state index contributed by atoms with van der Waals surface area (Å²) in [5, 5.41) is 2.55. The molecule has 8 nitrogen and oxygen atoms in total. The van der Waals surface area contributed by atoms with Crippen LogP contribution in [0.4, 0.5) is 13.6 Å². The van der Waals surface area contributed by atoms with Gasteiger partial charge in [0.1, 0.15) is 6.04 Å². The van der Waals surface area contributed by atoms with Crippen molar-refractivity contribution in [1.29, 1.82) is 0 Å². The summed E-state index contributed by atoms with van der Waals surface area (Å²) in [7, 11) is 0. The molecule has 0 aromatic heterocycles. The maximum Gasteiger partial charge on any atom is 0.408 e. The van der Waals surface area contributed by atoms with Gasteiger partial charge in [0.25, 0.3) is 5.92 Å². The molecule has 1 saturated heterocycles. The zero-order valence-electron chi connectivity index (χ0n) is 26.1. The van der Waals surface area contributed by atoms with E-state index in [1.54, 1.807) is 27.7 Å². The molecule has 43 heavy (non-hydrogen) atoms. The van der Waals surface area contributed by atoms with Gasteiger partial charge in [0.05, 0.1) is 12.1 Å². The lowest BCUT2D eigenvalue weighted by Gasteiger charge is -2.32. The summed E-state index contributed by atoms with van der Waals surface area (Å²) in [6.45, 7) is 10.1. The SMILES string of the molecule is CCCC(CC(=O)[C@@H]1[C@H]2CCC(F)(F)[C@H]2CN1C(=O)[C@@H](NC(=O)OC(C)C)C(C)C)C(=O)C(=O)CC(C)c1ccccc1. The van der Waals surface area contributed by atoms with Crippen LogP contribution in [-0.4, -0.2) is 64.9 Å². The topological polar surface area (TPSA) is 110 Å². The van der Waals surface area contributed by atoms with Gasteiger partial charge in [-0.15, -0.1) is 0 Å². The Morgan fingerprint density at radius 1 is 1.02 bits per heavy atom. The van der Waals surface area contributed by atoms with E-state index in [0.29, 0.717) is 6.42 Å². The number of likely N-dealkylation sites (tertiary alicyclic amines) is 1. The molecule has 3 rings (SSSR count). The number of benzene rings is 1. The Kier molecular flexibility index (Phi) is 11.6. The number of halogens is 2. The molecular formula is C33H46F2N2O6. The number of alkyl halides is 2. The monoisotopic (exact) mass is 604 g/mol. The number of nitrogens with zero attached hydrogens (tertiary/aromatic N) is 1. The fourth-order valence-corrected chi connectivity index (χ4v) is 6.51. The van der Waals surface area contributed by atoms with Crippen LogP contribution in [0.5, 0.6) is 0 Å². The molecule has 6 atom stereocenters. The van der Waals surface area contributed by atoms with Gasteiger partial charge in [-0.25, -0.2) is 13.6 Å². The number of fused-ring (bicyclic) bond motifs is 1. The molecule has 1 aliphatic heterocycles. The van der Waals surface area contributed by atoms with Gasteiger partial charge in [0.2, 0.25) is 11.7 Å². The molecule has 1 aliphatic carbocycles. The van der Waals surface area contributed by atoms with Crippen LogP contribution in [0.1, 0.15) is 91.5 Å². The van der Waals surface area contributed by atoms with Crippen LogP contribution >= 0.6 is 0 Å². The third-order valence-electron chi connectivity index (χ3n) is 8.76. The standard InChI is InChI=1S/C33H46F2N2O6/c1-7-11-23(30(40)27(39)16-21(6)22-12-9-8-10-13-22)17-26(38)29-24-14-15-33(34,35)25(24)18-37(29)31(41)28(19(2)3)36-32(42)43-20(4)5/h8-10,12-13,19-21,23-25,28-29H,7,11,14-18H2,1-6H3,(H,36,42)/t21?,23?,24-,25-,28-,29-/m0/s1. The van der Waals surface area contributed by atoms with E-state index >= 15 is 0 Å². The van der Waals surface area contributed by atoms with E-state index < -0.39 is 77.1 Å². The number of nitrogens with one attached hydrogen (secondary N) is 1. The first kappa shape index (κ1) is 34.3. The quantitative estimate of drug-likeness (QED) is 0.272. The highest BCUT2D eigenvalue weighted by Crippen LogP contribution is 2.51. The van der Waals surface area contributed by atoms with E-state index in [-0.39, 0.29) is 44.6 Å². The smallest absolute Gasteiger partial charge is 0.408 e. The van der Waals surface area contributed by atoms with Crippen LogP contribution < -0.4 is 5.32 Å². The summed E-state index contributed by atoms with van der Waals surface area (Å²) in [6, 6.07) is 7.09. The Bertz CT molecular complexity index is 1170. The van der Waals surface area contributed by atoms with Gasteiger partial charge in [-0.1, -0.05) is 64.4 Å². The number of ether oxygens (including phenoxy) is 1. The highest BCUT2D eigenvalue weighted by atomic mass is 19.3. The minimum absolute atomic E-state index is 0.00354. The van der Waals surface area contributed by atoms with Crippen LogP contribution in [0.3, 0.4) is 0 Å². The molecular weight excluding hydrogens is 558 g/mol. The summed E-state index contributed by atoms with van der Waals surface area (Å²) in [6.07, 6.45) is -1.05. The van der Waals surface area contributed by atoms with Gasteiger partial charge in [0.15, 0.2) is 11.6 Å². The zero-order chi connectivity index (χ0) is 32.1. The van der Waals surface area contributed by atoms with Crippen LogP contribution in [-0.2, 0) is 23.9 Å². The number of hydrogen-bond donors (Lipinski definition) is 1. The molecule has 1 aromatic carbocycles. The number of carbonyl (C=O) groups excluding carboxylic acids is 5. The van der Waals surface area contributed by atoms with Crippen molar-refractivity contribution in [3.05, 3.63) is 35.9 Å². The molecule has 1 aromatic rings. The van der Waals surface area contributed by atoms with Gasteiger partial charge in [-0.3, -0.25) is 19.2 Å². The second kappa shape index (κ2) is 14.5. The summed E-state index contributed by atoms with van der Waals surface area (Å²) in [4.78, 5) is 67.7. The molecule has 1 N–H and O–H groups in total. The van der Waals surface area contributed by atoms with Gasteiger partial charge in [-0.2, -0.15) is 0 Å². The Hall–Kier alpha value is -3.17. The minimum atomic E-state index is -3.04. The minimum Gasteiger partial charge on any atom is -0.447 e. The van der Waals surface area contributed by atoms with E-state index in [1.165, 1.54) is 4.90 Å². The maximum atomic E-state index is 14.9. The van der Waals surface area contributed by atoms with Crippen molar-refractivity contribution < 1.29 is 37.5 Å². The first-order chi connectivity index (χ1) is 20.2. The summed E-state index contributed by atoms with van der Waals surface area (Å²) in [5.41, 5.74) is 0.922. The second-order valence-electron chi connectivity index (χ2n) is 12.8. The van der Waals surface area contributed by atoms with Crippen molar-refractivity contribution >= 4 is 29.4 Å². The van der Waals surface area contributed by atoms with Gasteiger partial charge >= 0.3 is 6.09 Å². The molecule has 2 unspecified atom stereocenters. The van der Waals surface area contributed by atoms with E-state index in [1.807, 2.05) is 44.2 Å². The lowest BCUT2D eigenvalue weighted by molar-refractivity contribution is -0.143. The van der Waals surface area contributed by atoms with Crippen molar-refractivity contribution in [2.45, 2.75) is 110 Å². The Balaban J connectivity index is 1.83. The summed E-state index contributed by atoms with van der Waals surface area (Å²) < 4.78 is 35.0. The van der Waals surface area contributed by atoms with Crippen LogP contribution in [0.15, 0.2) is 30.3 Å². The number of ketones is 3. The Morgan fingerprint density at radius 2 is 1.67 bits per heavy atom. The molecule has 1 saturated carbocycles. The van der Waals surface area contributed by atoms with Crippen molar-refractivity contribution in [1.82, 2.24) is 10.2 Å². The van der Waals surface area contributed by atoms with Crippen LogP contribution in [0, 0.1) is 23.7 Å². The van der Waals surface area contributed by atoms with Crippen LogP contribution in [0.25, 0.3) is 0 Å². The van der Waals surface area contributed by atoms with E-state index in [9.17, 15) is 32.8 Å². The summed E-state index contributed by atoms with van der Waals surface area (Å²) >= 11 is 0. The molecule has 2 amide bonds. The number of hydrogen-bond acceptors (Lipinski definition) is 6. The maximum absolute atomic E-state index is 14.9. The van der Waals surface area contributed by atoms with Crippen molar-refractivity contribution in [2.75, 3.05) is 6.54 Å². The normalized spacial score (nSPS) is 23.0. The van der Waals surface area contributed by atoms with Crippen molar-refractivity contribution in [3.63, 3.8) is 0 Å². The van der Waals surface area contributed by atoms with Gasteiger partial charge in [0, 0.05) is 37.6 Å². The third-order valence-corrected chi connectivity index (χ3v) is 8.76. The Labute approximate surface area is 253 Å². The average molecular weight is 605 g/mol. The predicted molar refractivity (Wildman–Crippen MR) is 158 cm³/mol. The number of amides is 2. The van der Waals surface area contributed by atoms with E-state index in [4.69, 9.17) is 4.74 Å². The highest BCUT2D eigenvalue weighted by Gasteiger charge is 2.61. The number of Topliss-reactive ketones (excluding diaryl/α,β-unsaturated/α-hetero) is 3. The largest absolute Gasteiger partial charge is 0.447 e. The number of alkyl carbamates (subject to hydrolysis) is 1. The first-order valence-corrected chi connectivity index (χ1v) is 15.5. The number of carbonyl (C=O) groups is 5. The fourth-order valence-electron chi connectivity index (χ4n) is 6.51. The molecule has 0 radical (unpaired) electrons. The van der Waals surface area contributed by atoms with E-state index in [0.717, 1.165) is 5.56 Å². The van der Waals surface area contributed by atoms with Crippen molar-refractivity contribution in [3.8, 4) is 0 Å². The Morgan fingerprint density at radius 3 is 2.26 bits per heavy atom. The highest BCUT2D eigenvalue weighted by molar-refractivity contribution is 6.38. The lowest BCUT2D eigenvalue weighted by atomic mass is 9.83. The van der Waals surface area contributed by atoms with E-state index in [2.05, 4.69) is 5.32 Å². The van der Waals surface area contributed by atoms with Crippen LogP contribution in [0.2, 0.25) is 0 Å². The second-order valence-corrected chi connectivity index (χ2v) is 12.8. The van der Waals surface area contributed by atoms with Gasteiger partial charge in [-0.05, 0) is 50.0 Å². The van der Waals surface area contributed by atoms with Gasteiger partial charge < -0.3 is 15.0 Å². The lowest BCUT2D eigenvalue weighted by Crippen LogP contribution is -2.55. The molecule has 2 aliphatic rings. The first-order valence-electron chi connectivity index (χ1n) is 15.5. The molecule has 2 fully saturated rings. The summed E-state index contributed by atoms with van der Waals surface area (Å²) in [5.74, 6) is -8.86. The van der Waals surface area contributed by atoms with Crippen molar-refractivity contribution in [2.24, 2.45) is 23.7 Å². The predicted octanol–water partition coefficient (Wildman–Crippen LogP) is 5.73. The zero-order valence-corrected chi connectivity index (χ0v) is 26.1. The molecule has 0 bridgehead atoms. The fraction of sp³-hybridized carbons (Fsp3) is 0.667. The molecule has 0 spiro atoms. The molecule has 10 heteroatoms.